The number of nitrogen functional groups attached to an aromatic ring is 1. The molecule has 0 spiro atoms. The van der Waals surface area contributed by atoms with Gasteiger partial charge in [0.1, 0.15) is 5.75 Å². The van der Waals surface area contributed by atoms with Crippen LogP contribution in [0, 0.1) is 0 Å². The number of Topliss-reactive ketones (excluding diaryl/α,β-unsaturated/α-hetero) is 1. The van der Waals surface area contributed by atoms with Gasteiger partial charge in [-0.2, -0.15) is 0 Å². The van der Waals surface area contributed by atoms with Crippen molar-refractivity contribution in [3.8, 4) is 5.75 Å². The molecule has 106 valence electrons. The average Bonchev–Trinajstić information content (AvgIpc) is 2.90. The molecule has 2 N–H and O–H groups in total. The normalized spacial score (nSPS) is 10.7. The number of ketones is 1. The first-order valence-electron chi connectivity index (χ1n) is 6.61. The molecule has 0 radical (unpaired) electrons. The second-order valence-corrected chi connectivity index (χ2v) is 5.72. The quantitative estimate of drug-likeness (QED) is 0.586. The lowest BCUT2D eigenvalue weighted by molar-refractivity contribution is 0.0994. The second-order valence-electron chi connectivity index (χ2n) is 4.81. The molecule has 1 aromatic heterocycles. The van der Waals surface area contributed by atoms with Gasteiger partial charge in [-0.3, -0.25) is 4.79 Å². The summed E-state index contributed by atoms with van der Waals surface area (Å²) in [5, 5.41) is 3.19. The maximum Gasteiger partial charge on any atom is 0.169 e. The fraction of sp³-hybridized carbons (Fsp3) is 0.118. The topological polar surface area (TPSA) is 52.3 Å². The van der Waals surface area contributed by atoms with Crippen LogP contribution in [0.15, 0.2) is 47.8 Å². The standard InChI is InChI=1S/C17H15NO2S/c1-20-12-6-7-14(15(18)9-12)16(19)8-11-10-21-17-5-3-2-4-13(11)17/h2-7,9-10H,8,18H2,1H3. The first-order valence-corrected chi connectivity index (χ1v) is 7.49. The Bertz CT molecular complexity index is 807. The summed E-state index contributed by atoms with van der Waals surface area (Å²) in [6.45, 7) is 0. The van der Waals surface area contributed by atoms with Crippen LogP contribution >= 0.6 is 11.3 Å². The van der Waals surface area contributed by atoms with Crippen LogP contribution in [0.4, 0.5) is 5.69 Å². The highest BCUT2D eigenvalue weighted by Gasteiger charge is 2.13. The van der Waals surface area contributed by atoms with Crippen molar-refractivity contribution in [2.24, 2.45) is 0 Å². The van der Waals surface area contributed by atoms with Gasteiger partial charge in [0, 0.05) is 28.4 Å². The number of methoxy groups -OCH3 is 1. The van der Waals surface area contributed by atoms with Crippen LogP contribution in [0.1, 0.15) is 15.9 Å². The average molecular weight is 297 g/mol. The molecule has 1 heterocycles. The Balaban J connectivity index is 1.89. The largest absolute Gasteiger partial charge is 0.497 e. The van der Waals surface area contributed by atoms with Crippen LogP contribution in [0.25, 0.3) is 10.1 Å². The maximum absolute atomic E-state index is 12.5. The lowest BCUT2D eigenvalue weighted by atomic mass is 10.0. The highest BCUT2D eigenvalue weighted by Crippen LogP contribution is 2.28. The zero-order chi connectivity index (χ0) is 14.8. The number of ether oxygens (including phenoxy) is 1. The number of hydrogen-bond donors (Lipinski definition) is 1. The van der Waals surface area contributed by atoms with Crippen molar-refractivity contribution in [2.75, 3.05) is 12.8 Å². The minimum atomic E-state index is 0.0266. The third kappa shape index (κ3) is 2.62. The number of carbonyl (C=O) groups is 1. The fourth-order valence-electron chi connectivity index (χ4n) is 2.36. The summed E-state index contributed by atoms with van der Waals surface area (Å²) in [7, 11) is 1.58. The molecule has 2 aromatic carbocycles. The molecule has 0 aliphatic heterocycles. The number of thiophene rings is 1. The number of hydrogen-bond acceptors (Lipinski definition) is 4. The summed E-state index contributed by atoms with van der Waals surface area (Å²) >= 11 is 1.66. The molecule has 0 unspecified atom stereocenters. The number of benzene rings is 2. The Labute approximate surface area is 127 Å². The Morgan fingerprint density at radius 3 is 2.81 bits per heavy atom. The molecule has 0 aliphatic carbocycles. The van der Waals surface area contributed by atoms with Crippen LogP contribution in [0.3, 0.4) is 0 Å². The molecular weight excluding hydrogens is 282 g/mol. The summed E-state index contributed by atoms with van der Waals surface area (Å²) in [5.74, 6) is 0.684. The third-order valence-electron chi connectivity index (χ3n) is 3.47. The number of anilines is 1. The number of rotatable bonds is 4. The van der Waals surface area contributed by atoms with Gasteiger partial charge in [0.05, 0.1) is 7.11 Å². The smallest absolute Gasteiger partial charge is 0.169 e. The van der Waals surface area contributed by atoms with Crippen LogP contribution < -0.4 is 10.5 Å². The molecule has 0 saturated carbocycles. The molecule has 3 nitrogen and oxygen atoms in total. The molecular formula is C17H15NO2S. The molecule has 0 amide bonds. The van der Waals surface area contributed by atoms with Crippen molar-refractivity contribution >= 4 is 32.9 Å². The highest BCUT2D eigenvalue weighted by molar-refractivity contribution is 7.17. The van der Waals surface area contributed by atoms with Crippen LogP contribution in [-0.2, 0) is 6.42 Å². The van der Waals surface area contributed by atoms with Crippen molar-refractivity contribution in [3.63, 3.8) is 0 Å². The zero-order valence-electron chi connectivity index (χ0n) is 11.6. The van der Waals surface area contributed by atoms with Crippen molar-refractivity contribution in [1.82, 2.24) is 0 Å². The van der Waals surface area contributed by atoms with Gasteiger partial charge in [0.2, 0.25) is 0 Å². The molecule has 21 heavy (non-hydrogen) atoms. The van der Waals surface area contributed by atoms with E-state index in [1.54, 1.807) is 36.6 Å². The highest BCUT2D eigenvalue weighted by atomic mass is 32.1. The van der Waals surface area contributed by atoms with Gasteiger partial charge in [-0.1, -0.05) is 18.2 Å². The second kappa shape index (κ2) is 5.58. The molecule has 0 bridgehead atoms. The Morgan fingerprint density at radius 1 is 1.24 bits per heavy atom. The van der Waals surface area contributed by atoms with Gasteiger partial charge in [-0.05, 0) is 34.5 Å². The molecule has 0 saturated heterocycles. The first kappa shape index (κ1) is 13.6. The van der Waals surface area contributed by atoms with E-state index in [1.165, 1.54) is 4.70 Å². The van der Waals surface area contributed by atoms with E-state index in [2.05, 4.69) is 6.07 Å². The van der Waals surface area contributed by atoms with Gasteiger partial charge in [-0.25, -0.2) is 0 Å². The van der Waals surface area contributed by atoms with Crippen molar-refractivity contribution in [2.45, 2.75) is 6.42 Å². The predicted octanol–water partition coefficient (Wildman–Crippen LogP) is 3.92. The van der Waals surface area contributed by atoms with E-state index >= 15 is 0 Å². The first-order chi connectivity index (χ1) is 10.2. The monoisotopic (exact) mass is 297 g/mol. The predicted molar refractivity (Wildman–Crippen MR) is 87.3 cm³/mol. The summed E-state index contributed by atoms with van der Waals surface area (Å²) in [5.41, 5.74) is 8.00. The van der Waals surface area contributed by atoms with Crippen LogP contribution in [0.2, 0.25) is 0 Å². The van der Waals surface area contributed by atoms with E-state index in [0.717, 1.165) is 10.9 Å². The lowest BCUT2D eigenvalue weighted by Gasteiger charge is -2.07. The van der Waals surface area contributed by atoms with E-state index in [9.17, 15) is 4.79 Å². The number of carbonyl (C=O) groups excluding carboxylic acids is 1. The third-order valence-corrected chi connectivity index (χ3v) is 4.48. The van der Waals surface area contributed by atoms with E-state index < -0.39 is 0 Å². The minimum Gasteiger partial charge on any atom is -0.497 e. The summed E-state index contributed by atoms with van der Waals surface area (Å²) < 4.78 is 6.30. The Kier molecular flexibility index (Phi) is 3.62. The molecule has 0 fully saturated rings. The number of fused-ring (bicyclic) bond motifs is 1. The molecule has 3 rings (SSSR count). The van der Waals surface area contributed by atoms with E-state index in [4.69, 9.17) is 10.5 Å². The summed E-state index contributed by atoms with van der Waals surface area (Å²) in [4.78, 5) is 12.5. The van der Waals surface area contributed by atoms with Gasteiger partial charge in [0.15, 0.2) is 5.78 Å². The van der Waals surface area contributed by atoms with Gasteiger partial charge < -0.3 is 10.5 Å². The minimum absolute atomic E-state index is 0.0266. The zero-order valence-corrected chi connectivity index (χ0v) is 12.4. The molecule has 3 aromatic rings. The van der Waals surface area contributed by atoms with Crippen LogP contribution in [0.5, 0.6) is 5.75 Å². The Morgan fingerprint density at radius 2 is 2.05 bits per heavy atom. The van der Waals surface area contributed by atoms with Crippen molar-refractivity contribution < 1.29 is 9.53 Å². The van der Waals surface area contributed by atoms with Gasteiger partial charge in [-0.15, -0.1) is 11.3 Å². The van der Waals surface area contributed by atoms with E-state index in [0.29, 0.717) is 23.4 Å². The molecule has 0 aliphatic rings. The van der Waals surface area contributed by atoms with E-state index in [-0.39, 0.29) is 5.78 Å². The molecule has 0 atom stereocenters. The number of nitrogens with two attached hydrogens (primary N) is 1. The van der Waals surface area contributed by atoms with Crippen molar-refractivity contribution in [3.05, 3.63) is 59.0 Å². The summed E-state index contributed by atoms with van der Waals surface area (Å²) in [6, 6.07) is 13.3. The lowest BCUT2D eigenvalue weighted by Crippen LogP contribution is -2.07. The van der Waals surface area contributed by atoms with Gasteiger partial charge >= 0.3 is 0 Å². The van der Waals surface area contributed by atoms with Crippen molar-refractivity contribution in [1.29, 1.82) is 0 Å². The fourth-order valence-corrected chi connectivity index (χ4v) is 3.32. The van der Waals surface area contributed by atoms with Crippen LogP contribution in [-0.4, -0.2) is 12.9 Å². The van der Waals surface area contributed by atoms with E-state index in [1.807, 2.05) is 23.6 Å². The van der Waals surface area contributed by atoms with Gasteiger partial charge in [0.25, 0.3) is 0 Å². The summed E-state index contributed by atoms with van der Waals surface area (Å²) in [6.07, 6.45) is 0.362. The molecule has 4 heteroatoms. The maximum atomic E-state index is 12.5. The SMILES string of the molecule is COc1ccc(C(=O)Cc2csc3ccccc23)c(N)c1. The Hall–Kier alpha value is -2.33.